The van der Waals surface area contributed by atoms with Gasteiger partial charge in [-0.05, 0) is 25.7 Å². The summed E-state index contributed by atoms with van der Waals surface area (Å²) in [6.45, 7) is 2.79. The monoisotopic (exact) mass is 421 g/mol. The smallest absolute Gasteiger partial charge is 0.336 e. The topological polar surface area (TPSA) is 128 Å². The Kier molecular flexibility index (Phi) is 12.6. The summed E-state index contributed by atoms with van der Waals surface area (Å²) in [7, 11) is 0. The molecule has 0 aliphatic heterocycles. The van der Waals surface area contributed by atoms with Crippen molar-refractivity contribution in [3.63, 3.8) is 0 Å². The van der Waals surface area contributed by atoms with Gasteiger partial charge in [-0.25, -0.2) is 37.9 Å². The van der Waals surface area contributed by atoms with E-state index < -0.39 is 17.1 Å². The van der Waals surface area contributed by atoms with Crippen LogP contribution < -0.4 is 17.1 Å². The third-order valence-corrected chi connectivity index (χ3v) is 4.81. The van der Waals surface area contributed by atoms with E-state index >= 15 is 0 Å². The van der Waals surface area contributed by atoms with Crippen LogP contribution in [0.4, 0.5) is 0 Å². The van der Waals surface area contributed by atoms with E-state index in [-0.39, 0.29) is 26.2 Å². The highest BCUT2D eigenvalue weighted by Gasteiger charge is 2.15. The molecule has 1 heterocycles. The summed E-state index contributed by atoms with van der Waals surface area (Å²) in [5.41, 5.74) is -1.93. The summed E-state index contributed by atoms with van der Waals surface area (Å²) >= 11 is 0. The summed E-state index contributed by atoms with van der Waals surface area (Å²) in [6.07, 6.45) is 10.7. The van der Waals surface area contributed by atoms with Crippen molar-refractivity contribution in [1.29, 1.82) is 5.26 Å². The van der Waals surface area contributed by atoms with E-state index in [1.165, 1.54) is 6.08 Å². The number of ether oxygens (including phenoxy) is 1. The van der Waals surface area contributed by atoms with Crippen LogP contribution in [0.5, 0.6) is 0 Å². The predicted octanol–water partition coefficient (Wildman–Crippen LogP) is 1.54. The molecule has 0 bridgehead atoms. The highest BCUT2D eigenvalue weighted by Crippen LogP contribution is 2.03. The van der Waals surface area contributed by atoms with E-state index in [9.17, 15) is 19.2 Å². The number of unbranched alkanes of at least 4 members (excludes halogenated alkanes) is 7. The van der Waals surface area contributed by atoms with E-state index in [0.29, 0.717) is 25.9 Å². The molecule has 0 aliphatic carbocycles. The molecule has 0 unspecified atom stereocenters. The minimum atomic E-state index is -0.679. The number of hydrogen-bond donors (Lipinski definition) is 0. The molecule has 0 aliphatic rings. The van der Waals surface area contributed by atoms with Crippen LogP contribution in [-0.4, -0.2) is 32.9 Å². The average molecular weight is 421 g/mol. The van der Waals surface area contributed by atoms with Gasteiger partial charge >= 0.3 is 17.1 Å². The van der Waals surface area contributed by atoms with Crippen molar-refractivity contribution in [2.24, 2.45) is 4.99 Å². The minimum absolute atomic E-state index is 0.0494. The van der Waals surface area contributed by atoms with Gasteiger partial charge in [-0.15, -0.1) is 0 Å². The van der Waals surface area contributed by atoms with Crippen LogP contribution in [0.25, 0.3) is 0 Å². The van der Waals surface area contributed by atoms with Crippen molar-refractivity contribution >= 4 is 6.08 Å². The molecule has 0 spiro atoms. The Hall–Kier alpha value is -2.92. The number of aliphatic imine (C=N–C) groups is 1. The van der Waals surface area contributed by atoms with Gasteiger partial charge in [-0.1, -0.05) is 39.0 Å². The molecule has 1 aromatic rings. The van der Waals surface area contributed by atoms with Gasteiger partial charge in [0, 0.05) is 13.1 Å². The maximum Gasteiger partial charge on any atom is 0.336 e. The fraction of sp³-hybridized carbons (Fsp3) is 0.750. The Morgan fingerprint density at radius 3 is 1.80 bits per heavy atom. The molecule has 0 aromatic carbocycles. The maximum atomic E-state index is 12.8. The zero-order chi connectivity index (χ0) is 22.2. The Bertz CT molecular complexity index is 902. The standard InChI is InChI=1S/C20H31N5O5/c1-2-3-4-5-8-12-23-18(27)24(13-9-6-7-10-15-30-16-21)20(29)25(19(23)28)14-11-22-17-26/h2-15H2,1H3. The number of aromatic nitrogens is 3. The summed E-state index contributed by atoms with van der Waals surface area (Å²) in [5, 5.41) is 8.33. The van der Waals surface area contributed by atoms with E-state index in [1.54, 1.807) is 6.26 Å². The minimum Gasteiger partial charge on any atom is -0.428 e. The predicted molar refractivity (Wildman–Crippen MR) is 111 cm³/mol. The van der Waals surface area contributed by atoms with Gasteiger partial charge in [0.05, 0.1) is 13.1 Å². The Morgan fingerprint density at radius 2 is 1.30 bits per heavy atom. The van der Waals surface area contributed by atoms with E-state index in [1.807, 2.05) is 0 Å². The summed E-state index contributed by atoms with van der Waals surface area (Å²) in [4.78, 5) is 51.9. The van der Waals surface area contributed by atoms with Crippen molar-refractivity contribution in [3.8, 4) is 6.26 Å². The highest BCUT2D eigenvalue weighted by molar-refractivity contribution is 5.32. The van der Waals surface area contributed by atoms with Crippen molar-refractivity contribution in [2.45, 2.75) is 84.3 Å². The van der Waals surface area contributed by atoms with Crippen LogP contribution >= 0.6 is 0 Å². The first-order valence-electron chi connectivity index (χ1n) is 10.6. The fourth-order valence-corrected chi connectivity index (χ4v) is 3.17. The van der Waals surface area contributed by atoms with Crippen LogP contribution in [-0.2, 0) is 29.2 Å². The average Bonchev–Trinajstić information content (AvgIpc) is 2.74. The molecule has 0 amide bonds. The molecule has 30 heavy (non-hydrogen) atoms. The Morgan fingerprint density at radius 1 is 0.800 bits per heavy atom. The molecule has 0 fully saturated rings. The summed E-state index contributed by atoms with van der Waals surface area (Å²) in [5.74, 6) is 0. The lowest BCUT2D eigenvalue weighted by atomic mass is 10.1. The number of isocyanates is 1. The third-order valence-electron chi connectivity index (χ3n) is 4.81. The van der Waals surface area contributed by atoms with E-state index in [4.69, 9.17) is 5.26 Å². The molecular weight excluding hydrogens is 390 g/mol. The summed E-state index contributed by atoms with van der Waals surface area (Å²) < 4.78 is 7.78. The molecule has 10 nitrogen and oxygen atoms in total. The van der Waals surface area contributed by atoms with Crippen LogP contribution in [0.3, 0.4) is 0 Å². The number of hydrogen-bond acceptors (Lipinski definition) is 7. The maximum absolute atomic E-state index is 12.8. The molecule has 1 rings (SSSR count). The van der Waals surface area contributed by atoms with E-state index in [2.05, 4.69) is 16.7 Å². The lowest BCUT2D eigenvalue weighted by Gasteiger charge is -2.13. The van der Waals surface area contributed by atoms with Crippen molar-refractivity contribution in [1.82, 2.24) is 13.7 Å². The Balaban J connectivity index is 2.96. The molecule has 1 aromatic heterocycles. The normalized spacial score (nSPS) is 10.4. The Labute approximate surface area is 175 Å². The van der Waals surface area contributed by atoms with Crippen LogP contribution in [0, 0.1) is 11.5 Å². The van der Waals surface area contributed by atoms with Crippen LogP contribution in [0.1, 0.15) is 64.7 Å². The van der Waals surface area contributed by atoms with Gasteiger partial charge in [-0.2, -0.15) is 5.26 Å². The van der Waals surface area contributed by atoms with Crippen LogP contribution in [0.2, 0.25) is 0 Å². The van der Waals surface area contributed by atoms with Gasteiger partial charge in [0.15, 0.2) is 0 Å². The first-order chi connectivity index (χ1) is 14.6. The second-order valence-corrected chi connectivity index (χ2v) is 7.04. The van der Waals surface area contributed by atoms with Crippen molar-refractivity contribution in [2.75, 3.05) is 13.2 Å². The molecule has 166 valence electrons. The second kappa shape index (κ2) is 15.0. The van der Waals surface area contributed by atoms with Gasteiger partial charge in [0.1, 0.15) is 6.61 Å². The number of nitrogens with zero attached hydrogens (tertiary/aromatic N) is 5. The van der Waals surface area contributed by atoms with Crippen molar-refractivity contribution in [3.05, 3.63) is 31.5 Å². The number of rotatable bonds is 16. The molecule has 0 saturated heterocycles. The lowest BCUT2D eigenvalue weighted by molar-refractivity contribution is 0.259. The van der Waals surface area contributed by atoms with Crippen molar-refractivity contribution < 1.29 is 9.53 Å². The van der Waals surface area contributed by atoms with Gasteiger partial charge in [-0.3, -0.25) is 0 Å². The zero-order valence-corrected chi connectivity index (χ0v) is 17.7. The largest absolute Gasteiger partial charge is 0.428 e. The van der Waals surface area contributed by atoms with Crippen LogP contribution in [0.15, 0.2) is 19.4 Å². The SMILES string of the molecule is CCCCCCCn1c(=O)n(CCCCCCOC#N)c(=O)n(CCN=C=O)c1=O. The quantitative estimate of drug-likeness (QED) is 0.172. The molecule has 0 radical (unpaired) electrons. The molecule has 10 heteroatoms. The first kappa shape index (κ1) is 25.1. The van der Waals surface area contributed by atoms with Gasteiger partial charge < -0.3 is 4.74 Å². The number of carbonyl (C=O) groups excluding carboxylic acids is 1. The summed E-state index contributed by atoms with van der Waals surface area (Å²) in [6, 6.07) is 0. The molecule has 0 atom stereocenters. The third kappa shape index (κ3) is 8.21. The fourth-order valence-electron chi connectivity index (χ4n) is 3.17. The van der Waals surface area contributed by atoms with Gasteiger partial charge in [0.2, 0.25) is 6.08 Å². The van der Waals surface area contributed by atoms with Gasteiger partial charge in [0.25, 0.3) is 6.26 Å². The molecule has 0 N–H and O–H groups in total. The molecule has 0 saturated carbocycles. The highest BCUT2D eigenvalue weighted by atomic mass is 16.5. The molecular formula is C20H31N5O5. The first-order valence-corrected chi connectivity index (χ1v) is 10.6. The van der Waals surface area contributed by atoms with E-state index in [0.717, 1.165) is 52.2 Å². The second-order valence-electron chi connectivity index (χ2n) is 7.04. The lowest BCUT2D eigenvalue weighted by Crippen LogP contribution is -2.54. The number of nitriles is 1. The zero-order valence-electron chi connectivity index (χ0n) is 17.7.